The molecule has 8 heteroatoms. The van der Waals surface area contributed by atoms with Gasteiger partial charge in [0, 0.05) is 11.2 Å². The summed E-state index contributed by atoms with van der Waals surface area (Å²) in [5, 5.41) is 19.5. The van der Waals surface area contributed by atoms with Gasteiger partial charge in [0.05, 0.1) is 6.10 Å². The molecule has 7 nitrogen and oxygen atoms in total. The number of aliphatic hydroxyl groups excluding tert-OH is 1. The molecular formula is C15H17BrO7. The molecule has 0 aromatic heterocycles. The Morgan fingerprint density at radius 3 is 2.70 bits per heavy atom. The first-order valence-corrected chi connectivity index (χ1v) is 7.88. The average Bonchev–Trinajstić information content (AvgIpc) is 3.04. The number of hydrogen-bond acceptors (Lipinski definition) is 6. The first kappa shape index (κ1) is 17.9. The monoisotopic (exact) mass is 388 g/mol. The molecule has 23 heavy (non-hydrogen) atoms. The molecule has 0 spiro atoms. The van der Waals surface area contributed by atoms with Gasteiger partial charge in [-0.2, -0.15) is 0 Å². The second kappa shape index (κ2) is 8.39. The molecule has 1 fully saturated rings. The molecule has 1 unspecified atom stereocenters. The molecule has 1 heterocycles. The van der Waals surface area contributed by atoms with Crippen molar-refractivity contribution in [1.29, 1.82) is 0 Å². The number of benzene rings is 1. The van der Waals surface area contributed by atoms with Crippen molar-refractivity contribution >= 4 is 28.4 Å². The van der Waals surface area contributed by atoms with E-state index in [9.17, 15) is 14.7 Å². The van der Waals surface area contributed by atoms with Gasteiger partial charge >= 0.3 is 5.97 Å². The van der Waals surface area contributed by atoms with Crippen LogP contribution < -0.4 is 0 Å². The van der Waals surface area contributed by atoms with Crippen LogP contribution >= 0.6 is 15.9 Å². The number of aliphatic carboxylic acids is 1. The van der Waals surface area contributed by atoms with Crippen molar-refractivity contribution in [3.63, 3.8) is 0 Å². The minimum atomic E-state index is -1.21. The zero-order valence-corrected chi connectivity index (χ0v) is 13.7. The summed E-state index contributed by atoms with van der Waals surface area (Å²) in [6.45, 7) is 0.0500. The lowest BCUT2D eigenvalue weighted by Gasteiger charge is -2.27. The molecule has 2 rings (SSSR count). The van der Waals surface area contributed by atoms with Crippen molar-refractivity contribution in [3.05, 3.63) is 35.9 Å². The Kier molecular flexibility index (Phi) is 6.52. The van der Waals surface area contributed by atoms with Crippen molar-refractivity contribution in [2.45, 2.75) is 35.7 Å². The van der Waals surface area contributed by atoms with E-state index in [1.54, 1.807) is 24.3 Å². The molecule has 1 saturated heterocycles. The summed E-state index contributed by atoms with van der Waals surface area (Å²) in [6, 6.07) is 8.96. The topological polar surface area (TPSA) is 102 Å². The highest BCUT2D eigenvalue weighted by molar-refractivity contribution is 9.09. The van der Waals surface area contributed by atoms with E-state index in [1.807, 2.05) is 6.07 Å². The van der Waals surface area contributed by atoms with Crippen molar-refractivity contribution in [2.75, 3.05) is 6.79 Å². The van der Waals surface area contributed by atoms with Gasteiger partial charge in [-0.15, -0.1) is 0 Å². The van der Waals surface area contributed by atoms with Crippen LogP contribution in [-0.4, -0.2) is 52.6 Å². The van der Waals surface area contributed by atoms with Gasteiger partial charge in [-0.3, -0.25) is 4.79 Å². The third kappa shape index (κ3) is 4.51. The number of aliphatic hydroxyl groups is 1. The quantitative estimate of drug-likeness (QED) is 0.510. The Balaban J connectivity index is 2.06. The summed E-state index contributed by atoms with van der Waals surface area (Å²) in [5.74, 6) is -1.19. The van der Waals surface area contributed by atoms with Crippen LogP contribution in [0.3, 0.4) is 0 Å². The van der Waals surface area contributed by atoms with Gasteiger partial charge in [-0.25, -0.2) is 4.79 Å². The molecule has 2 N–H and O–H groups in total. The molecule has 0 bridgehead atoms. The molecule has 5 atom stereocenters. The molecule has 1 aliphatic heterocycles. The van der Waals surface area contributed by atoms with E-state index in [0.717, 1.165) is 0 Å². The van der Waals surface area contributed by atoms with E-state index in [0.29, 0.717) is 5.56 Å². The maximum absolute atomic E-state index is 11.2. The van der Waals surface area contributed by atoms with Gasteiger partial charge in [0.15, 0.2) is 6.10 Å². The maximum Gasteiger partial charge on any atom is 0.335 e. The fourth-order valence-corrected chi connectivity index (χ4v) is 3.11. The van der Waals surface area contributed by atoms with Crippen LogP contribution in [0.5, 0.6) is 0 Å². The highest BCUT2D eigenvalue weighted by atomic mass is 79.9. The van der Waals surface area contributed by atoms with E-state index in [1.165, 1.54) is 0 Å². The van der Waals surface area contributed by atoms with E-state index in [4.69, 9.17) is 19.3 Å². The first-order valence-electron chi connectivity index (χ1n) is 6.96. The summed E-state index contributed by atoms with van der Waals surface area (Å²) in [5.41, 5.74) is 0.692. The van der Waals surface area contributed by atoms with Crippen molar-refractivity contribution in [3.8, 4) is 0 Å². The first-order chi connectivity index (χ1) is 11.0. The molecule has 126 valence electrons. The number of carboxylic acid groups (broad SMARTS) is 1. The second-order valence-electron chi connectivity index (χ2n) is 5.05. The van der Waals surface area contributed by atoms with Gasteiger partial charge in [-0.1, -0.05) is 46.3 Å². The molecule has 1 aromatic rings. The van der Waals surface area contributed by atoms with E-state index >= 15 is 0 Å². The van der Waals surface area contributed by atoms with Crippen molar-refractivity contribution < 1.29 is 34.0 Å². The van der Waals surface area contributed by atoms with Gasteiger partial charge in [0.1, 0.15) is 19.0 Å². The van der Waals surface area contributed by atoms with Crippen LogP contribution in [0.1, 0.15) is 18.1 Å². The zero-order chi connectivity index (χ0) is 16.8. The lowest BCUT2D eigenvalue weighted by molar-refractivity contribution is -0.153. The number of carbonyl (C=O) groups excluding carboxylic acids is 1. The lowest BCUT2D eigenvalue weighted by atomic mass is 9.98. The fourth-order valence-electron chi connectivity index (χ4n) is 2.44. The normalized spacial score (nSPS) is 24.6. The number of alkyl halides is 1. The second-order valence-corrected chi connectivity index (χ2v) is 6.23. The molecule has 0 radical (unpaired) electrons. The van der Waals surface area contributed by atoms with Crippen LogP contribution in [0.15, 0.2) is 30.3 Å². The summed E-state index contributed by atoms with van der Waals surface area (Å²) < 4.78 is 15.2. The SMILES string of the molecule is O=COC(C[C@H](Br)[C@@H](O)c1ccccc1)[C@H]1OCO[C@H]1C(=O)O. The smallest absolute Gasteiger partial charge is 0.335 e. The Hall–Kier alpha value is -1.48. The number of carbonyl (C=O) groups is 2. The number of halogens is 1. The summed E-state index contributed by atoms with van der Waals surface area (Å²) in [4.78, 5) is 21.4. The number of carboxylic acids is 1. The summed E-state index contributed by atoms with van der Waals surface area (Å²) in [6.07, 6.45) is -3.69. The molecule has 0 amide bonds. The van der Waals surface area contributed by atoms with Crippen molar-refractivity contribution in [1.82, 2.24) is 0 Å². The Morgan fingerprint density at radius 1 is 1.39 bits per heavy atom. The summed E-state index contributed by atoms with van der Waals surface area (Å²) in [7, 11) is 0. The van der Waals surface area contributed by atoms with Crippen LogP contribution in [0.2, 0.25) is 0 Å². The van der Waals surface area contributed by atoms with Gasteiger partial charge in [0.2, 0.25) is 0 Å². The molecule has 1 aromatic carbocycles. The number of hydrogen-bond donors (Lipinski definition) is 2. The predicted octanol–water partition coefficient (Wildman–Crippen LogP) is 1.24. The number of rotatable bonds is 8. The standard InChI is InChI=1S/C15H17BrO7/c16-10(12(18)9-4-2-1-3-5-9)6-11(21-7-17)13-14(15(19)20)23-8-22-13/h1-5,7,10-14,18H,6,8H2,(H,19,20)/t10-,11?,12-,13+,14+/m0/s1. The molecule has 0 aliphatic carbocycles. The lowest BCUT2D eigenvalue weighted by Crippen LogP contribution is -2.42. The highest BCUT2D eigenvalue weighted by Gasteiger charge is 2.43. The molecule has 0 saturated carbocycles. The van der Waals surface area contributed by atoms with Gasteiger partial charge in [0.25, 0.3) is 6.47 Å². The third-order valence-corrected chi connectivity index (χ3v) is 4.46. The van der Waals surface area contributed by atoms with Crippen molar-refractivity contribution in [2.24, 2.45) is 0 Å². The average molecular weight is 389 g/mol. The fraction of sp³-hybridized carbons (Fsp3) is 0.467. The van der Waals surface area contributed by atoms with E-state index in [2.05, 4.69) is 15.9 Å². The van der Waals surface area contributed by atoms with Crippen LogP contribution in [0.25, 0.3) is 0 Å². The maximum atomic E-state index is 11.2. The van der Waals surface area contributed by atoms with E-state index < -0.39 is 35.2 Å². The Morgan fingerprint density at radius 2 is 2.09 bits per heavy atom. The van der Waals surface area contributed by atoms with E-state index in [-0.39, 0.29) is 19.7 Å². The van der Waals surface area contributed by atoms with Crippen LogP contribution in [-0.2, 0) is 23.8 Å². The zero-order valence-electron chi connectivity index (χ0n) is 12.1. The van der Waals surface area contributed by atoms with Crippen LogP contribution in [0.4, 0.5) is 0 Å². The molecular weight excluding hydrogens is 372 g/mol. The third-order valence-electron chi connectivity index (χ3n) is 3.59. The minimum Gasteiger partial charge on any atom is -0.479 e. The van der Waals surface area contributed by atoms with Crippen LogP contribution in [0, 0.1) is 0 Å². The molecule has 1 aliphatic rings. The number of ether oxygens (including phenoxy) is 3. The Bertz CT molecular complexity index is 524. The Labute approximate surface area is 141 Å². The largest absolute Gasteiger partial charge is 0.479 e. The summed E-state index contributed by atoms with van der Waals surface area (Å²) >= 11 is 3.36. The predicted molar refractivity (Wildman–Crippen MR) is 81.9 cm³/mol. The van der Waals surface area contributed by atoms with Gasteiger partial charge in [-0.05, 0) is 5.56 Å². The highest BCUT2D eigenvalue weighted by Crippen LogP contribution is 2.30. The minimum absolute atomic E-state index is 0.159. The van der Waals surface area contributed by atoms with Gasteiger partial charge < -0.3 is 24.4 Å².